The van der Waals surface area contributed by atoms with Crippen molar-refractivity contribution in [3.8, 4) is 0 Å². The Labute approximate surface area is 100 Å². The molecule has 0 atom stereocenters. The molecule has 16 heavy (non-hydrogen) atoms. The topological polar surface area (TPSA) is 53.9 Å². The predicted molar refractivity (Wildman–Crippen MR) is 67.2 cm³/mol. The van der Waals surface area contributed by atoms with E-state index in [9.17, 15) is 0 Å². The Morgan fingerprint density at radius 2 is 2.00 bits per heavy atom. The number of nitrogens with zero attached hydrogens (tertiary/aromatic N) is 4. The van der Waals surface area contributed by atoms with Crippen LogP contribution in [0.25, 0.3) is 0 Å². The maximum atomic E-state index is 4.44. The molecule has 5 nitrogen and oxygen atoms in total. The van der Waals surface area contributed by atoms with Crippen LogP contribution in [0.5, 0.6) is 0 Å². The van der Waals surface area contributed by atoms with Gasteiger partial charge in [-0.05, 0) is 26.0 Å². The molecule has 1 fully saturated rings. The zero-order valence-corrected chi connectivity index (χ0v) is 10.5. The van der Waals surface area contributed by atoms with Crippen molar-refractivity contribution in [2.75, 3.05) is 36.1 Å². The van der Waals surface area contributed by atoms with E-state index in [1.54, 1.807) is 11.8 Å². The minimum Gasteiger partial charge on any atom is -0.354 e. The average molecular weight is 239 g/mol. The van der Waals surface area contributed by atoms with Crippen LogP contribution < -0.4 is 10.2 Å². The van der Waals surface area contributed by atoms with Crippen LogP contribution in [0.15, 0.2) is 5.16 Å². The lowest BCUT2D eigenvalue weighted by Crippen LogP contribution is -2.21. The lowest BCUT2D eigenvalue weighted by molar-refractivity contribution is 0.827. The van der Waals surface area contributed by atoms with Gasteiger partial charge in [0.15, 0.2) is 5.16 Å². The fraction of sp³-hybridized carbons (Fsp3) is 0.700. The van der Waals surface area contributed by atoms with Crippen molar-refractivity contribution < 1.29 is 0 Å². The second-order valence-corrected chi connectivity index (χ2v) is 4.44. The van der Waals surface area contributed by atoms with Crippen molar-refractivity contribution in [1.82, 2.24) is 15.0 Å². The lowest BCUT2D eigenvalue weighted by atomic mass is 10.4. The predicted octanol–water partition coefficient (Wildman–Crippen LogP) is 1.63. The van der Waals surface area contributed by atoms with Crippen LogP contribution in [0, 0.1) is 0 Å². The summed E-state index contributed by atoms with van der Waals surface area (Å²) in [5.74, 6) is 1.50. The molecule has 0 radical (unpaired) electrons. The second kappa shape index (κ2) is 5.34. The molecule has 1 aromatic rings. The minimum atomic E-state index is 0.684. The van der Waals surface area contributed by atoms with Crippen molar-refractivity contribution in [1.29, 1.82) is 0 Å². The summed E-state index contributed by atoms with van der Waals surface area (Å²) < 4.78 is 0. The van der Waals surface area contributed by atoms with Crippen LogP contribution in [0.4, 0.5) is 11.9 Å². The summed E-state index contributed by atoms with van der Waals surface area (Å²) in [6, 6.07) is 0. The molecular formula is C10H17N5S. The van der Waals surface area contributed by atoms with Gasteiger partial charge >= 0.3 is 0 Å². The molecule has 0 aromatic carbocycles. The van der Waals surface area contributed by atoms with Gasteiger partial charge in [0.05, 0.1) is 0 Å². The molecule has 2 rings (SSSR count). The molecule has 0 unspecified atom stereocenters. The highest BCUT2D eigenvalue weighted by molar-refractivity contribution is 7.98. The molecule has 88 valence electrons. The summed E-state index contributed by atoms with van der Waals surface area (Å²) in [7, 11) is 0. The lowest BCUT2D eigenvalue weighted by Gasteiger charge is -2.16. The summed E-state index contributed by atoms with van der Waals surface area (Å²) >= 11 is 1.55. The first-order valence-electron chi connectivity index (χ1n) is 5.62. The maximum absolute atomic E-state index is 4.44. The Kier molecular flexibility index (Phi) is 3.82. The number of nitrogens with one attached hydrogen (secondary N) is 1. The smallest absolute Gasteiger partial charge is 0.231 e. The molecule has 0 aliphatic carbocycles. The first-order chi connectivity index (χ1) is 7.83. The van der Waals surface area contributed by atoms with E-state index in [0.29, 0.717) is 5.95 Å². The molecule has 2 heterocycles. The number of hydrogen-bond donors (Lipinski definition) is 1. The second-order valence-electron chi connectivity index (χ2n) is 3.67. The standard InChI is InChI=1S/C10H17N5S/c1-3-11-8-12-9(14-10(13-8)16-2)15-6-4-5-7-15/h3-7H2,1-2H3,(H,11,12,13,14). The molecular weight excluding hydrogens is 222 g/mol. The molecule has 1 aliphatic heterocycles. The normalized spacial score (nSPS) is 15.5. The van der Waals surface area contributed by atoms with Gasteiger partial charge < -0.3 is 10.2 Å². The fourth-order valence-electron chi connectivity index (χ4n) is 1.73. The average Bonchev–Trinajstić information content (AvgIpc) is 2.82. The third-order valence-corrected chi connectivity index (χ3v) is 3.06. The van der Waals surface area contributed by atoms with E-state index >= 15 is 0 Å². The van der Waals surface area contributed by atoms with Crippen LogP contribution >= 0.6 is 11.8 Å². The number of aromatic nitrogens is 3. The Bertz CT molecular complexity index is 351. The quantitative estimate of drug-likeness (QED) is 0.806. The summed E-state index contributed by atoms with van der Waals surface area (Å²) in [6.07, 6.45) is 4.45. The van der Waals surface area contributed by atoms with Crippen molar-refractivity contribution >= 4 is 23.7 Å². The van der Waals surface area contributed by atoms with Crippen molar-refractivity contribution in [2.24, 2.45) is 0 Å². The first-order valence-corrected chi connectivity index (χ1v) is 6.85. The molecule has 0 amide bonds. The van der Waals surface area contributed by atoms with Gasteiger partial charge in [-0.2, -0.15) is 15.0 Å². The molecule has 6 heteroatoms. The van der Waals surface area contributed by atoms with Crippen LogP contribution in [-0.2, 0) is 0 Å². The third kappa shape index (κ3) is 2.55. The fourth-order valence-corrected chi connectivity index (χ4v) is 2.08. The van der Waals surface area contributed by atoms with E-state index in [1.807, 2.05) is 13.2 Å². The van der Waals surface area contributed by atoms with Crippen molar-refractivity contribution in [2.45, 2.75) is 24.9 Å². The molecule has 0 spiro atoms. The maximum Gasteiger partial charge on any atom is 0.231 e. The third-order valence-electron chi connectivity index (χ3n) is 2.51. The number of anilines is 2. The summed E-state index contributed by atoms with van der Waals surface area (Å²) in [5, 5.41) is 3.93. The van der Waals surface area contributed by atoms with E-state index in [0.717, 1.165) is 30.7 Å². The van der Waals surface area contributed by atoms with Gasteiger partial charge in [0.2, 0.25) is 11.9 Å². The summed E-state index contributed by atoms with van der Waals surface area (Å²) in [6.45, 7) is 4.99. The summed E-state index contributed by atoms with van der Waals surface area (Å²) in [5.41, 5.74) is 0. The number of thioether (sulfide) groups is 1. The van der Waals surface area contributed by atoms with E-state index in [2.05, 4.69) is 25.2 Å². The van der Waals surface area contributed by atoms with Crippen LogP contribution in [0.3, 0.4) is 0 Å². The first kappa shape index (κ1) is 11.4. The highest BCUT2D eigenvalue weighted by Crippen LogP contribution is 2.19. The van der Waals surface area contributed by atoms with Gasteiger partial charge in [0.25, 0.3) is 0 Å². The van der Waals surface area contributed by atoms with Crippen LogP contribution in [0.1, 0.15) is 19.8 Å². The molecule has 0 saturated carbocycles. The van der Waals surface area contributed by atoms with Gasteiger partial charge in [0, 0.05) is 19.6 Å². The molecule has 1 aromatic heterocycles. The van der Waals surface area contributed by atoms with Crippen LogP contribution in [-0.4, -0.2) is 40.8 Å². The van der Waals surface area contributed by atoms with E-state index in [-0.39, 0.29) is 0 Å². The zero-order valence-electron chi connectivity index (χ0n) is 9.73. The minimum absolute atomic E-state index is 0.684. The van der Waals surface area contributed by atoms with Gasteiger partial charge in [-0.15, -0.1) is 0 Å². The molecule has 1 saturated heterocycles. The largest absolute Gasteiger partial charge is 0.354 e. The molecule has 0 bridgehead atoms. The highest BCUT2D eigenvalue weighted by Gasteiger charge is 2.16. The van der Waals surface area contributed by atoms with Gasteiger partial charge in [0.1, 0.15) is 0 Å². The summed E-state index contributed by atoms with van der Waals surface area (Å²) in [4.78, 5) is 15.4. The van der Waals surface area contributed by atoms with Gasteiger partial charge in [-0.3, -0.25) is 0 Å². The highest BCUT2D eigenvalue weighted by atomic mass is 32.2. The number of rotatable bonds is 4. The van der Waals surface area contributed by atoms with Crippen LogP contribution in [0.2, 0.25) is 0 Å². The molecule has 1 N–H and O–H groups in total. The van der Waals surface area contributed by atoms with E-state index in [4.69, 9.17) is 0 Å². The van der Waals surface area contributed by atoms with Gasteiger partial charge in [-0.1, -0.05) is 11.8 Å². The SMILES string of the molecule is CCNc1nc(SC)nc(N2CCCC2)n1. The van der Waals surface area contributed by atoms with Gasteiger partial charge in [-0.25, -0.2) is 0 Å². The number of hydrogen-bond acceptors (Lipinski definition) is 6. The van der Waals surface area contributed by atoms with Crippen molar-refractivity contribution in [3.05, 3.63) is 0 Å². The van der Waals surface area contributed by atoms with E-state index in [1.165, 1.54) is 12.8 Å². The Balaban J connectivity index is 2.24. The monoisotopic (exact) mass is 239 g/mol. The van der Waals surface area contributed by atoms with E-state index < -0.39 is 0 Å². The Morgan fingerprint density at radius 1 is 1.25 bits per heavy atom. The Hall–Kier alpha value is -1.04. The molecule has 1 aliphatic rings. The Morgan fingerprint density at radius 3 is 2.62 bits per heavy atom. The zero-order chi connectivity index (χ0) is 11.4. The van der Waals surface area contributed by atoms with Crippen molar-refractivity contribution in [3.63, 3.8) is 0 Å².